The van der Waals surface area contributed by atoms with E-state index in [1.165, 1.54) is 0 Å². The number of hydrogen-bond donors (Lipinski definition) is 2. The molecule has 120 valence electrons. The minimum Gasteiger partial charge on any atom is -0.481 e. The first-order valence-corrected chi connectivity index (χ1v) is 7.53. The molecule has 0 aromatic heterocycles. The van der Waals surface area contributed by atoms with Crippen LogP contribution in [0.3, 0.4) is 0 Å². The summed E-state index contributed by atoms with van der Waals surface area (Å²) in [6.07, 6.45) is 2.45. The number of carboxylic acid groups (broad SMARTS) is 1. The van der Waals surface area contributed by atoms with Crippen LogP contribution in [0.5, 0.6) is 0 Å². The summed E-state index contributed by atoms with van der Waals surface area (Å²) in [5, 5.41) is 11.5. The SMILES string of the molecule is CCN(CC)C(=O)CNC(=O)N1CCCCC1CC(=O)O. The highest BCUT2D eigenvalue weighted by Gasteiger charge is 2.28. The molecule has 1 aliphatic rings. The molecule has 0 bridgehead atoms. The number of aliphatic carboxylic acids is 1. The second-order valence-electron chi connectivity index (χ2n) is 5.17. The molecule has 0 radical (unpaired) electrons. The molecule has 1 unspecified atom stereocenters. The zero-order chi connectivity index (χ0) is 15.8. The Hall–Kier alpha value is -1.79. The van der Waals surface area contributed by atoms with E-state index in [2.05, 4.69) is 5.32 Å². The smallest absolute Gasteiger partial charge is 0.318 e. The van der Waals surface area contributed by atoms with Gasteiger partial charge in [-0.3, -0.25) is 9.59 Å². The van der Waals surface area contributed by atoms with Gasteiger partial charge in [-0.25, -0.2) is 4.79 Å². The Balaban J connectivity index is 2.52. The number of urea groups is 1. The maximum absolute atomic E-state index is 12.1. The van der Waals surface area contributed by atoms with Crippen LogP contribution in [0.4, 0.5) is 4.79 Å². The summed E-state index contributed by atoms with van der Waals surface area (Å²) >= 11 is 0. The van der Waals surface area contributed by atoms with E-state index in [-0.39, 0.29) is 30.9 Å². The average molecular weight is 299 g/mol. The molecular weight excluding hydrogens is 274 g/mol. The molecule has 0 aromatic carbocycles. The van der Waals surface area contributed by atoms with E-state index < -0.39 is 5.97 Å². The molecule has 0 spiro atoms. The standard InChI is InChI=1S/C14H25N3O4/c1-3-16(4-2)12(18)10-15-14(21)17-8-6-5-7-11(17)9-13(19)20/h11H,3-10H2,1-2H3,(H,15,21)(H,19,20). The van der Waals surface area contributed by atoms with Gasteiger partial charge < -0.3 is 20.2 Å². The Bertz CT molecular complexity index is 382. The Kier molecular flexibility index (Phi) is 6.98. The summed E-state index contributed by atoms with van der Waals surface area (Å²) in [4.78, 5) is 38.0. The molecule has 7 nitrogen and oxygen atoms in total. The minimum absolute atomic E-state index is 0.0442. The maximum Gasteiger partial charge on any atom is 0.318 e. The Morgan fingerprint density at radius 1 is 1.24 bits per heavy atom. The lowest BCUT2D eigenvalue weighted by Crippen LogP contribution is -2.51. The summed E-state index contributed by atoms with van der Waals surface area (Å²) in [6.45, 7) is 5.49. The number of likely N-dealkylation sites (tertiary alicyclic amines) is 1. The van der Waals surface area contributed by atoms with Gasteiger partial charge in [0, 0.05) is 25.7 Å². The van der Waals surface area contributed by atoms with Crippen LogP contribution >= 0.6 is 0 Å². The van der Waals surface area contributed by atoms with Gasteiger partial charge in [0.05, 0.1) is 13.0 Å². The van der Waals surface area contributed by atoms with Crippen LogP contribution in [-0.4, -0.2) is 65.0 Å². The summed E-state index contributed by atoms with van der Waals surface area (Å²) in [6, 6.07) is -0.624. The van der Waals surface area contributed by atoms with Crippen molar-refractivity contribution in [2.75, 3.05) is 26.2 Å². The monoisotopic (exact) mass is 299 g/mol. The van der Waals surface area contributed by atoms with Crippen LogP contribution in [0.25, 0.3) is 0 Å². The normalized spacial score (nSPS) is 18.2. The van der Waals surface area contributed by atoms with E-state index in [1.807, 2.05) is 13.8 Å². The molecule has 0 aromatic rings. The summed E-state index contributed by atoms with van der Waals surface area (Å²) in [5.74, 6) is -1.03. The topological polar surface area (TPSA) is 90.0 Å². The average Bonchev–Trinajstić information content (AvgIpc) is 2.46. The van der Waals surface area contributed by atoms with Crippen LogP contribution in [0.2, 0.25) is 0 Å². The number of carbonyl (C=O) groups is 3. The van der Waals surface area contributed by atoms with Gasteiger partial charge in [-0.05, 0) is 33.1 Å². The first-order chi connectivity index (χ1) is 9.99. The molecule has 3 amide bonds. The number of carboxylic acids is 1. The van der Waals surface area contributed by atoms with Crippen LogP contribution in [0.15, 0.2) is 0 Å². The number of amides is 3. The van der Waals surface area contributed by atoms with Gasteiger partial charge >= 0.3 is 12.0 Å². The molecule has 1 atom stereocenters. The van der Waals surface area contributed by atoms with Gasteiger partial charge in [0.1, 0.15) is 0 Å². The van der Waals surface area contributed by atoms with Crippen molar-refractivity contribution in [1.29, 1.82) is 0 Å². The van der Waals surface area contributed by atoms with Crippen molar-refractivity contribution < 1.29 is 19.5 Å². The van der Waals surface area contributed by atoms with E-state index in [0.29, 0.717) is 26.1 Å². The van der Waals surface area contributed by atoms with E-state index in [1.54, 1.807) is 9.80 Å². The Labute approximate surface area is 125 Å². The van der Waals surface area contributed by atoms with Crippen molar-refractivity contribution >= 4 is 17.9 Å². The van der Waals surface area contributed by atoms with Crippen molar-refractivity contribution in [1.82, 2.24) is 15.1 Å². The van der Waals surface area contributed by atoms with Crippen LogP contribution in [0, 0.1) is 0 Å². The largest absolute Gasteiger partial charge is 0.481 e. The number of nitrogens with zero attached hydrogens (tertiary/aromatic N) is 2. The fraction of sp³-hybridized carbons (Fsp3) is 0.786. The highest BCUT2D eigenvalue weighted by Crippen LogP contribution is 2.19. The molecule has 7 heteroatoms. The zero-order valence-electron chi connectivity index (χ0n) is 12.8. The van der Waals surface area contributed by atoms with Crippen LogP contribution in [-0.2, 0) is 9.59 Å². The fourth-order valence-corrected chi connectivity index (χ4v) is 2.62. The van der Waals surface area contributed by atoms with E-state index in [0.717, 1.165) is 12.8 Å². The van der Waals surface area contributed by atoms with Gasteiger partial charge in [-0.15, -0.1) is 0 Å². The second kappa shape index (κ2) is 8.49. The summed E-state index contributed by atoms with van der Waals surface area (Å²) < 4.78 is 0. The van der Waals surface area contributed by atoms with Crippen molar-refractivity contribution in [3.05, 3.63) is 0 Å². The fourth-order valence-electron chi connectivity index (χ4n) is 2.62. The zero-order valence-corrected chi connectivity index (χ0v) is 12.8. The quantitative estimate of drug-likeness (QED) is 0.762. The molecule has 21 heavy (non-hydrogen) atoms. The third-order valence-electron chi connectivity index (χ3n) is 3.81. The highest BCUT2D eigenvalue weighted by atomic mass is 16.4. The van der Waals surface area contributed by atoms with Gasteiger partial charge in [0.15, 0.2) is 0 Å². The molecule has 1 aliphatic heterocycles. The van der Waals surface area contributed by atoms with E-state index in [9.17, 15) is 14.4 Å². The molecule has 0 saturated carbocycles. The number of hydrogen-bond acceptors (Lipinski definition) is 3. The van der Waals surface area contributed by atoms with E-state index in [4.69, 9.17) is 5.11 Å². The third-order valence-corrected chi connectivity index (χ3v) is 3.81. The van der Waals surface area contributed by atoms with Crippen molar-refractivity contribution in [3.63, 3.8) is 0 Å². The lowest BCUT2D eigenvalue weighted by atomic mass is 10.00. The van der Waals surface area contributed by atoms with E-state index >= 15 is 0 Å². The third kappa shape index (κ3) is 5.24. The Morgan fingerprint density at radius 2 is 1.90 bits per heavy atom. The molecule has 1 fully saturated rings. The van der Waals surface area contributed by atoms with Crippen molar-refractivity contribution in [3.8, 4) is 0 Å². The molecule has 1 heterocycles. The number of piperidine rings is 1. The van der Waals surface area contributed by atoms with Gasteiger partial charge in [-0.1, -0.05) is 0 Å². The summed E-state index contributed by atoms with van der Waals surface area (Å²) in [7, 11) is 0. The first-order valence-electron chi connectivity index (χ1n) is 7.53. The maximum atomic E-state index is 12.1. The van der Waals surface area contributed by atoms with Crippen LogP contribution in [0.1, 0.15) is 39.5 Å². The predicted molar refractivity (Wildman–Crippen MR) is 77.9 cm³/mol. The van der Waals surface area contributed by atoms with Gasteiger partial charge in [0.2, 0.25) is 5.91 Å². The predicted octanol–water partition coefficient (Wildman–Crippen LogP) is 0.894. The lowest BCUT2D eigenvalue weighted by molar-refractivity contribution is -0.138. The molecule has 1 rings (SSSR count). The van der Waals surface area contributed by atoms with Gasteiger partial charge in [-0.2, -0.15) is 0 Å². The molecular formula is C14H25N3O4. The van der Waals surface area contributed by atoms with Gasteiger partial charge in [0.25, 0.3) is 0 Å². The Morgan fingerprint density at radius 3 is 2.48 bits per heavy atom. The molecule has 0 aliphatic carbocycles. The lowest BCUT2D eigenvalue weighted by Gasteiger charge is -2.35. The van der Waals surface area contributed by atoms with Crippen molar-refractivity contribution in [2.45, 2.75) is 45.6 Å². The number of rotatable bonds is 6. The second-order valence-corrected chi connectivity index (χ2v) is 5.17. The van der Waals surface area contributed by atoms with Crippen LogP contribution < -0.4 is 5.32 Å². The number of nitrogens with one attached hydrogen (secondary N) is 1. The minimum atomic E-state index is -0.904. The number of likely N-dealkylation sites (N-methyl/N-ethyl adjacent to an activating group) is 1. The highest BCUT2D eigenvalue weighted by molar-refractivity contribution is 5.84. The van der Waals surface area contributed by atoms with Crippen molar-refractivity contribution in [2.24, 2.45) is 0 Å². The first kappa shape index (κ1) is 17.3. The number of carbonyl (C=O) groups excluding carboxylic acids is 2. The molecule has 1 saturated heterocycles. The summed E-state index contributed by atoms with van der Waals surface area (Å²) in [5.41, 5.74) is 0. The molecule has 2 N–H and O–H groups in total.